The molecule has 2 heterocycles. The van der Waals surface area contributed by atoms with Crippen molar-refractivity contribution in [1.82, 2.24) is 9.88 Å². The third-order valence-corrected chi connectivity index (χ3v) is 4.44. The Hall–Kier alpha value is -1.81. The van der Waals surface area contributed by atoms with Gasteiger partial charge in [-0.1, -0.05) is 18.2 Å². The van der Waals surface area contributed by atoms with Gasteiger partial charge in [0.15, 0.2) is 0 Å². The minimum absolute atomic E-state index is 0.147. The maximum atomic E-state index is 12.4. The topological polar surface area (TPSA) is 45.3 Å². The smallest absolute Gasteiger partial charge is 0.222 e. The fourth-order valence-electron chi connectivity index (χ4n) is 3.16. The van der Waals surface area contributed by atoms with Crippen LogP contribution in [0.15, 0.2) is 30.5 Å². The summed E-state index contributed by atoms with van der Waals surface area (Å²) in [6.07, 6.45) is 4.64. The van der Waals surface area contributed by atoms with Crippen LogP contribution in [-0.2, 0) is 16.0 Å². The molecule has 3 rings (SSSR count). The number of carbonyl (C=O) groups excluding carboxylic acids is 1. The van der Waals surface area contributed by atoms with Crippen LogP contribution < -0.4 is 0 Å². The summed E-state index contributed by atoms with van der Waals surface area (Å²) in [7, 11) is 0. The second-order valence-corrected chi connectivity index (χ2v) is 6.25. The van der Waals surface area contributed by atoms with E-state index < -0.39 is 0 Å². The number of aromatic nitrogens is 1. The zero-order valence-corrected chi connectivity index (χ0v) is 13.3. The largest absolute Gasteiger partial charge is 0.375 e. The van der Waals surface area contributed by atoms with Crippen molar-refractivity contribution in [3.63, 3.8) is 0 Å². The van der Waals surface area contributed by atoms with Gasteiger partial charge < -0.3 is 14.6 Å². The van der Waals surface area contributed by atoms with Crippen LogP contribution in [0, 0.1) is 0 Å². The van der Waals surface area contributed by atoms with Crippen LogP contribution in [0.5, 0.6) is 0 Å². The van der Waals surface area contributed by atoms with Gasteiger partial charge in [0.1, 0.15) is 0 Å². The molecule has 0 bridgehead atoms. The van der Waals surface area contributed by atoms with Crippen molar-refractivity contribution < 1.29 is 9.53 Å². The molecule has 2 atom stereocenters. The molecular formula is C18H24N2O2. The number of para-hydroxylation sites is 1. The Morgan fingerprint density at radius 2 is 2.18 bits per heavy atom. The zero-order chi connectivity index (χ0) is 15.5. The van der Waals surface area contributed by atoms with Gasteiger partial charge in [-0.05, 0) is 38.3 Å². The third kappa shape index (κ3) is 3.17. The van der Waals surface area contributed by atoms with Crippen LogP contribution in [0.1, 0.15) is 32.3 Å². The van der Waals surface area contributed by atoms with Gasteiger partial charge in [0.25, 0.3) is 0 Å². The van der Waals surface area contributed by atoms with Crippen molar-refractivity contribution in [2.45, 2.75) is 45.3 Å². The van der Waals surface area contributed by atoms with Crippen molar-refractivity contribution in [2.24, 2.45) is 0 Å². The van der Waals surface area contributed by atoms with Crippen LogP contribution in [0.3, 0.4) is 0 Å². The molecule has 2 aromatic rings. The molecular weight excluding hydrogens is 276 g/mol. The van der Waals surface area contributed by atoms with Crippen LogP contribution >= 0.6 is 0 Å². The minimum Gasteiger partial charge on any atom is -0.375 e. The van der Waals surface area contributed by atoms with Crippen LogP contribution in [0.2, 0.25) is 0 Å². The molecule has 1 N–H and O–H groups in total. The molecule has 1 aromatic heterocycles. The lowest BCUT2D eigenvalue weighted by atomic mass is 10.1. The van der Waals surface area contributed by atoms with E-state index in [1.54, 1.807) is 0 Å². The van der Waals surface area contributed by atoms with Gasteiger partial charge >= 0.3 is 0 Å². The summed E-state index contributed by atoms with van der Waals surface area (Å²) in [5.41, 5.74) is 2.46. The van der Waals surface area contributed by atoms with Crippen molar-refractivity contribution in [3.05, 3.63) is 36.0 Å². The first-order valence-electron chi connectivity index (χ1n) is 8.11. The van der Waals surface area contributed by atoms with Crippen LogP contribution in [0.25, 0.3) is 10.9 Å². The van der Waals surface area contributed by atoms with Gasteiger partial charge in [0.05, 0.1) is 18.8 Å². The molecule has 0 unspecified atom stereocenters. The molecule has 0 aliphatic carbocycles. The van der Waals surface area contributed by atoms with Crippen molar-refractivity contribution >= 4 is 16.8 Å². The first-order valence-corrected chi connectivity index (χ1v) is 8.11. The number of H-pyrrole nitrogens is 1. The molecule has 0 saturated carbocycles. The number of benzene rings is 1. The van der Waals surface area contributed by atoms with E-state index in [4.69, 9.17) is 4.74 Å². The monoisotopic (exact) mass is 300 g/mol. The van der Waals surface area contributed by atoms with E-state index in [2.05, 4.69) is 36.3 Å². The maximum Gasteiger partial charge on any atom is 0.222 e. The molecule has 1 fully saturated rings. The average molecular weight is 300 g/mol. The molecule has 4 nitrogen and oxygen atoms in total. The fourth-order valence-corrected chi connectivity index (χ4v) is 3.16. The number of rotatable bonds is 4. The summed E-state index contributed by atoms with van der Waals surface area (Å²) in [6.45, 7) is 5.45. The van der Waals surface area contributed by atoms with E-state index in [0.717, 1.165) is 12.8 Å². The van der Waals surface area contributed by atoms with E-state index in [1.807, 2.05) is 17.9 Å². The molecule has 118 valence electrons. The summed E-state index contributed by atoms with van der Waals surface area (Å²) >= 11 is 0. The highest BCUT2D eigenvalue weighted by molar-refractivity contribution is 5.83. The molecule has 0 radical (unpaired) electrons. The Labute approximate surface area is 131 Å². The first kappa shape index (κ1) is 15.1. The first-order chi connectivity index (χ1) is 10.6. The standard InChI is InChI=1S/C18H24N2O2/c1-13-12-22-14(2)11-20(13)18(21)9-5-6-15-10-19-17-8-4-3-7-16(15)17/h3-4,7-8,10,13-14,19H,5-6,9,11-12H2,1-2H3/t13-,14+/m1/s1. The summed E-state index contributed by atoms with van der Waals surface area (Å²) in [4.78, 5) is 17.7. The Balaban J connectivity index is 1.55. The van der Waals surface area contributed by atoms with Crippen molar-refractivity contribution in [2.75, 3.05) is 13.2 Å². The summed E-state index contributed by atoms with van der Waals surface area (Å²) < 4.78 is 5.58. The Morgan fingerprint density at radius 1 is 1.36 bits per heavy atom. The normalized spacial score (nSPS) is 22.2. The lowest BCUT2D eigenvalue weighted by molar-refractivity contribution is -0.143. The summed E-state index contributed by atoms with van der Waals surface area (Å²) in [5, 5.41) is 1.27. The molecule has 0 spiro atoms. The average Bonchev–Trinajstić information content (AvgIpc) is 2.93. The number of nitrogens with zero attached hydrogens (tertiary/aromatic N) is 1. The number of hydrogen-bond donors (Lipinski definition) is 1. The quantitative estimate of drug-likeness (QED) is 0.943. The van der Waals surface area contributed by atoms with Gasteiger partial charge in [-0.3, -0.25) is 4.79 Å². The third-order valence-electron chi connectivity index (χ3n) is 4.44. The number of carbonyl (C=O) groups is 1. The Morgan fingerprint density at radius 3 is 3.05 bits per heavy atom. The molecule has 4 heteroatoms. The van der Waals surface area contributed by atoms with Gasteiger partial charge in [0, 0.05) is 30.1 Å². The predicted molar refractivity (Wildman–Crippen MR) is 87.8 cm³/mol. The number of morpholine rings is 1. The highest BCUT2D eigenvalue weighted by Crippen LogP contribution is 2.20. The number of amides is 1. The maximum absolute atomic E-state index is 12.4. The SMILES string of the molecule is C[C@@H]1CO[C@@H](C)CN1C(=O)CCCc1c[nH]c2ccccc12. The number of aromatic amines is 1. The molecule has 1 amide bonds. The lowest BCUT2D eigenvalue weighted by Gasteiger charge is -2.36. The molecule has 22 heavy (non-hydrogen) atoms. The number of fused-ring (bicyclic) bond motifs is 1. The van der Waals surface area contributed by atoms with Crippen molar-refractivity contribution in [1.29, 1.82) is 0 Å². The number of nitrogens with one attached hydrogen (secondary N) is 1. The highest BCUT2D eigenvalue weighted by Gasteiger charge is 2.26. The second kappa shape index (κ2) is 6.53. The second-order valence-electron chi connectivity index (χ2n) is 6.25. The van der Waals surface area contributed by atoms with E-state index in [9.17, 15) is 4.79 Å². The number of aryl methyl sites for hydroxylation is 1. The highest BCUT2D eigenvalue weighted by atomic mass is 16.5. The van der Waals surface area contributed by atoms with Gasteiger partial charge in [-0.25, -0.2) is 0 Å². The van der Waals surface area contributed by atoms with E-state index >= 15 is 0 Å². The van der Waals surface area contributed by atoms with Crippen LogP contribution in [-0.4, -0.2) is 41.1 Å². The number of hydrogen-bond acceptors (Lipinski definition) is 2. The Bertz CT molecular complexity index is 649. The van der Waals surface area contributed by atoms with E-state index in [-0.39, 0.29) is 18.1 Å². The fraction of sp³-hybridized carbons (Fsp3) is 0.500. The summed E-state index contributed by atoms with van der Waals surface area (Å²) in [5.74, 6) is 0.252. The zero-order valence-electron chi connectivity index (χ0n) is 13.3. The van der Waals surface area contributed by atoms with Gasteiger partial charge in [-0.2, -0.15) is 0 Å². The molecule has 1 aromatic carbocycles. The van der Waals surface area contributed by atoms with E-state index in [0.29, 0.717) is 19.6 Å². The predicted octanol–water partition coefficient (Wildman–Crippen LogP) is 3.13. The van der Waals surface area contributed by atoms with Crippen molar-refractivity contribution in [3.8, 4) is 0 Å². The van der Waals surface area contributed by atoms with Gasteiger partial charge in [0.2, 0.25) is 5.91 Å². The lowest BCUT2D eigenvalue weighted by Crippen LogP contribution is -2.50. The minimum atomic E-state index is 0.147. The molecule has 1 aliphatic rings. The summed E-state index contributed by atoms with van der Waals surface area (Å²) in [6, 6.07) is 8.50. The van der Waals surface area contributed by atoms with Gasteiger partial charge in [-0.15, -0.1) is 0 Å². The molecule has 1 saturated heterocycles. The Kier molecular flexibility index (Phi) is 4.48. The van der Waals surface area contributed by atoms with Crippen LogP contribution in [0.4, 0.5) is 0 Å². The van der Waals surface area contributed by atoms with E-state index in [1.165, 1.54) is 16.5 Å². The number of ether oxygens (including phenoxy) is 1. The molecule has 1 aliphatic heterocycles.